The van der Waals surface area contributed by atoms with Crippen LogP contribution in [0.4, 0.5) is 0 Å². The van der Waals surface area contributed by atoms with Crippen LogP contribution in [0, 0.1) is 5.92 Å². The van der Waals surface area contributed by atoms with Crippen molar-refractivity contribution in [3.8, 4) is 17.2 Å². The summed E-state index contributed by atoms with van der Waals surface area (Å²) in [6.45, 7) is 4.76. The van der Waals surface area contributed by atoms with Gasteiger partial charge >= 0.3 is 0 Å². The minimum atomic E-state index is -0.0400. The highest BCUT2D eigenvalue weighted by molar-refractivity contribution is 7.99. The predicted octanol–water partition coefficient (Wildman–Crippen LogP) is 3.85. The molecule has 27 heavy (non-hydrogen) atoms. The number of halogens is 1. The molecule has 8 heteroatoms. The summed E-state index contributed by atoms with van der Waals surface area (Å²) >= 11 is 7.73. The summed E-state index contributed by atoms with van der Waals surface area (Å²) in [5, 5.41) is 12.6. The van der Waals surface area contributed by atoms with Crippen LogP contribution >= 0.6 is 23.4 Å². The molecule has 0 bridgehead atoms. The Hall–Kier alpha value is -2.38. The van der Waals surface area contributed by atoms with E-state index in [1.807, 2.05) is 47.0 Å². The highest BCUT2D eigenvalue weighted by Gasteiger charge is 2.19. The lowest BCUT2D eigenvalue weighted by Crippen LogP contribution is -2.28. The Labute approximate surface area is 167 Å². The topological polar surface area (TPSA) is 72.7 Å². The Kier molecular flexibility index (Phi) is 6.47. The molecular weight excluding hydrogens is 382 g/mol. The van der Waals surface area contributed by atoms with Gasteiger partial charge in [-0.05, 0) is 30.2 Å². The Morgan fingerprint density at radius 2 is 1.96 bits per heavy atom. The number of para-hydroxylation sites is 1. The highest BCUT2D eigenvalue weighted by atomic mass is 35.5. The van der Waals surface area contributed by atoms with E-state index >= 15 is 0 Å². The molecule has 1 amide bonds. The summed E-state index contributed by atoms with van der Waals surface area (Å²) in [5.74, 6) is 1.19. The molecule has 3 rings (SSSR count). The quantitative estimate of drug-likeness (QED) is 0.609. The van der Waals surface area contributed by atoms with Gasteiger partial charge in [-0.2, -0.15) is 0 Å². The molecule has 0 aliphatic rings. The number of aromatic nitrogens is 4. The average molecular weight is 402 g/mol. The molecule has 1 aromatic carbocycles. The van der Waals surface area contributed by atoms with Gasteiger partial charge in [-0.1, -0.05) is 55.4 Å². The van der Waals surface area contributed by atoms with Crippen LogP contribution in [0.15, 0.2) is 53.8 Å². The van der Waals surface area contributed by atoms with Gasteiger partial charge in [0.05, 0.1) is 16.5 Å². The molecule has 2 heterocycles. The molecule has 6 nitrogen and oxygen atoms in total. The summed E-state index contributed by atoms with van der Waals surface area (Å²) in [7, 11) is 0. The molecular formula is C19H20ClN5OS. The van der Waals surface area contributed by atoms with Crippen molar-refractivity contribution >= 4 is 29.3 Å². The van der Waals surface area contributed by atoms with E-state index in [0.717, 1.165) is 5.69 Å². The van der Waals surface area contributed by atoms with E-state index in [-0.39, 0.29) is 11.7 Å². The number of nitrogens with zero attached hydrogens (tertiary/aromatic N) is 4. The number of rotatable bonds is 7. The van der Waals surface area contributed by atoms with Gasteiger partial charge in [0, 0.05) is 12.7 Å². The fraction of sp³-hybridized carbons (Fsp3) is 0.263. The third-order valence-electron chi connectivity index (χ3n) is 3.66. The first-order valence-corrected chi connectivity index (χ1v) is 9.94. The van der Waals surface area contributed by atoms with Crippen molar-refractivity contribution in [2.45, 2.75) is 19.0 Å². The Bertz CT molecular complexity index is 913. The Morgan fingerprint density at radius 3 is 2.67 bits per heavy atom. The summed E-state index contributed by atoms with van der Waals surface area (Å²) in [6.07, 6.45) is 1.70. The second-order valence-electron chi connectivity index (χ2n) is 6.29. The SMILES string of the molecule is CC(C)CNC(=O)CSc1nnc(-c2ccccn2)n1-c1ccccc1Cl. The lowest BCUT2D eigenvalue weighted by atomic mass is 10.2. The zero-order valence-corrected chi connectivity index (χ0v) is 16.7. The van der Waals surface area contributed by atoms with Gasteiger partial charge in [0.2, 0.25) is 5.91 Å². The van der Waals surface area contributed by atoms with Crippen molar-refractivity contribution in [3.63, 3.8) is 0 Å². The van der Waals surface area contributed by atoms with Crippen LogP contribution < -0.4 is 5.32 Å². The number of carbonyl (C=O) groups is 1. The monoisotopic (exact) mass is 401 g/mol. The molecule has 1 N–H and O–H groups in total. The van der Waals surface area contributed by atoms with Gasteiger partial charge in [0.15, 0.2) is 11.0 Å². The van der Waals surface area contributed by atoms with Crippen LogP contribution in [0.3, 0.4) is 0 Å². The van der Waals surface area contributed by atoms with Gasteiger partial charge in [0.25, 0.3) is 0 Å². The predicted molar refractivity (Wildman–Crippen MR) is 108 cm³/mol. The first-order valence-electron chi connectivity index (χ1n) is 8.57. The Balaban J connectivity index is 1.92. The van der Waals surface area contributed by atoms with Gasteiger partial charge in [-0.25, -0.2) is 0 Å². The van der Waals surface area contributed by atoms with E-state index in [1.165, 1.54) is 11.8 Å². The highest BCUT2D eigenvalue weighted by Crippen LogP contribution is 2.30. The normalized spacial score (nSPS) is 11.0. The van der Waals surface area contributed by atoms with Gasteiger partial charge in [0.1, 0.15) is 5.69 Å². The molecule has 0 aliphatic carbocycles. The number of hydrogen-bond acceptors (Lipinski definition) is 5. The molecule has 0 radical (unpaired) electrons. The van der Waals surface area contributed by atoms with E-state index in [4.69, 9.17) is 11.6 Å². The first kappa shape index (κ1) is 19.4. The van der Waals surface area contributed by atoms with E-state index in [0.29, 0.717) is 34.2 Å². The molecule has 0 atom stereocenters. The minimum absolute atomic E-state index is 0.0400. The molecule has 0 saturated heterocycles. The number of thioether (sulfide) groups is 1. The van der Waals surface area contributed by atoms with Crippen LogP contribution in [0.5, 0.6) is 0 Å². The van der Waals surface area contributed by atoms with Crippen molar-refractivity contribution in [2.24, 2.45) is 5.92 Å². The van der Waals surface area contributed by atoms with Crippen LogP contribution in [0.2, 0.25) is 5.02 Å². The summed E-state index contributed by atoms with van der Waals surface area (Å²) in [4.78, 5) is 16.5. The zero-order chi connectivity index (χ0) is 19.2. The number of carbonyl (C=O) groups excluding carboxylic acids is 1. The molecule has 0 unspecified atom stereocenters. The maximum absolute atomic E-state index is 12.1. The van der Waals surface area contributed by atoms with Crippen molar-refractivity contribution in [2.75, 3.05) is 12.3 Å². The molecule has 3 aromatic rings. The number of nitrogens with one attached hydrogen (secondary N) is 1. The zero-order valence-electron chi connectivity index (χ0n) is 15.1. The fourth-order valence-electron chi connectivity index (χ4n) is 2.37. The number of amides is 1. The fourth-order valence-corrected chi connectivity index (χ4v) is 3.37. The number of benzene rings is 1. The van der Waals surface area contributed by atoms with E-state index in [9.17, 15) is 4.79 Å². The van der Waals surface area contributed by atoms with Crippen molar-refractivity contribution in [1.82, 2.24) is 25.1 Å². The van der Waals surface area contributed by atoms with Crippen LogP contribution in [-0.2, 0) is 4.79 Å². The second-order valence-corrected chi connectivity index (χ2v) is 7.64. The molecule has 2 aromatic heterocycles. The third-order valence-corrected chi connectivity index (χ3v) is 4.91. The van der Waals surface area contributed by atoms with E-state index in [1.54, 1.807) is 6.20 Å². The smallest absolute Gasteiger partial charge is 0.230 e. The summed E-state index contributed by atoms with van der Waals surface area (Å²) in [6, 6.07) is 13.1. The van der Waals surface area contributed by atoms with Gasteiger partial charge < -0.3 is 5.32 Å². The lowest BCUT2D eigenvalue weighted by molar-refractivity contribution is -0.118. The second kappa shape index (κ2) is 9.01. The lowest BCUT2D eigenvalue weighted by Gasteiger charge is -2.12. The first-order chi connectivity index (χ1) is 13.1. The van der Waals surface area contributed by atoms with Crippen LogP contribution in [0.25, 0.3) is 17.2 Å². The van der Waals surface area contributed by atoms with Crippen molar-refractivity contribution in [1.29, 1.82) is 0 Å². The molecule has 0 aliphatic heterocycles. The largest absolute Gasteiger partial charge is 0.355 e. The van der Waals surface area contributed by atoms with Crippen LogP contribution in [-0.4, -0.2) is 38.0 Å². The maximum atomic E-state index is 12.1. The van der Waals surface area contributed by atoms with E-state index < -0.39 is 0 Å². The Morgan fingerprint density at radius 1 is 1.19 bits per heavy atom. The van der Waals surface area contributed by atoms with Gasteiger partial charge in [-0.3, -0.25) is 14.3 Å². The maximum Gasteiger partial charge on any atom is 0.230 e. The number of pyridine rings is 1. The molecule has 0 spiro atoms. The molecule has 140 valence electrons. The van der Waals surface area contributed by atoms with Crippen molar-refractivity contribution in [3.05, 3.63) is 53.7 Å². The summed E-state index contributed by atoms with van der Waals surface area (Å²) in [5.41, 5.74) is 1.43. The number of hydrogen-bond donors (Lipinski definition) is 1. The minimum Gasteiger partial charge on any atom is -0.355 e. The van der Waals surface area contributed by atoms with Crippen molar-refractivity contribution < 1.29 is 4.79 Å². The summed E-state index contributed by atoms with van der Waals surface area (Å²) < 4.78 is 1.84. The van der Waals surface area contributed by atoms with Crippen LogP contribution in [0.1, 0.15) is 13.8 Å². The van der Waals surface area contributed by atoms with E-state index in [2.05, 4.69) is 34.3 Å². The average Bonchev–Trinajstić information content (AvgIpc) is 3.09. The standard InChI is InChI=1S/C19H20ClN5OS/c1-13(2)11-22-17(26)12-27-19-24-23-18(15-8-5-6-10-21-15)25(19)16-9-4-3-7-14(16)20/h3-10,13H,11-12H2,1-2H3,(H,22,26). The van der Waals surface area contributed by atoms with Gasteiger partial charge in [-0.15, -0.1) is 10.2 Å². The molecule has 0 fully saturated rings. The molecule has 0 saturated carbocycles. The third kappa shape index (κ3) is 4.87.